The second-order valence-electron chi connectivity index (χ2n) is 6.76. The van der Waals surface area contributed by atoms with Crippen LogP contribution < -0.4 is 5.32 Å². The van der Waals surface area contributed by atoms with Crippen LogP contribution in [0.5, 0.6) is 0 Å². The molecule has 1 aromatic heterocycles. The van der Waals surface area contributed by atoms with Gasteiger partial charge in [0.15, 0.2) is 11.5 Å². The topological polar surface area (TPSA) is 75.4 Å². The number of nitrogens with zero attached hydrogens (tertiary/aromatic N) is 2. The van der Waals surface area contributed by atoms with Crippen molar-refractivity contribution in [3.05, 3.63) is 41.8 Å². The normalized spacial score (nSPS) is 17.4. The van der Waals surface area contributed by atoms with E-state index in [-0.39, 0.29) is 29.4 Å². The Kier molecular flexibility index (Phi) is 5.35. The van der Waals surface area contributed by atoms with Crippen LogP contribution in [0.25, 0.3) is 11.3 Å². The molecule has 0 aliphatic carbocycles. The van der Waals surface area contributed by atoms with Gasteiger partial charge in [-0.05, 0) is 57.4 Å². The zero-order valence-electron chi connectivity index (χ0n) is 14.9. The van der Waals surface area contributed by atoms with E-state index in [0.29, 0.717) is 24.3 Å². The monoisotopic (exact) mass is 359 g/mol. The van der Waals surface area contributed by atoms with Crippen LogP contribution in [-0.4, -0.2) is 40.5 Å². The lowest BCUT2D eigenvalue weighted by molar-refractivity contribution is -0.127. The minimum Gasteiger partial charge on any atom is -0.355 e. The number of hydrogen-bond acceptors (Lipinski definition) is 4. The summed E-state index contributed by atoms with van der Waals surface area (Å²) in [6, 6.07) is 6.80. The first-order chi connectivity index (χ1) is 12.5. The molecule has 1 aliphatic rings. The molecule has 1 atom stereocenters. The lowest BCUT2D eigenvalue weighted by atomic mass is 10.0. The van der Waals surface area contributed by atoms with Crippen molar-refractivity contribution >= 4 is 11.8 Å². The summed E-state index contributed by atoms with van der Waals surface area (Å²) in [5, 5.41) is 6.73. The van der Waals surface area contributed by atoms with E-state index in [1.807, 2.05) is 13.8 Å². The molecule has 1 saturated heterocycles. The van der Waals surface area contributed by atoms with Gasteiger partial charge in [0.2, 0.25) is 5.91 Å². The molecule has 2 heterocycles. The van der Waals surface area contributed by atoms with Gasteiger partial charge in [0, 0.05) is 24.2 Å². The van der Waals surface area contributed by atoms with Crippen LogP contribution in [-0.2, 0) is 4.79 Å². The molecule has 2 amide bonds. The number of piperidine rings is 1. The van der Waals surface area contributed by atoms with E-state index in [1.54, 1.807) is 17.0 Å². The molecule has 1 aliphatic heterocycles. The van der Waals surface area contributed by atoms with Crippen LogP contribution in [0, 0.1) is 5.82 Å². The van der Waals surface area contributed by atoms with Crippen LogP contribution >= 0.6 is 0 Å². The summed E-state index contributed by atoms with van der Waals surface area (Å²) in [6.07, 6.45) is 2.38. The lowest BCUT2D eigenvalue weighted by Gasteiger charge is -2.34. The predicted molar refractivity (Wildman–Crippen MR) is 93.9 cm³/mol. The molecule has 26 heavy (non-hydrogen) atoms. The van der Waals surface area contributed by atoms with E-state index >= 15 is 0 Å². The summed E-state index contributed by atoms with van der Waals surface area (Å²) in [7, 11) is 0. The predicted octanol–water partition coefficient (Wildman–Crippen LogP) is 3.00. The van der Waals surface area contributed by atoms with Gasteiger partial charge in [-0.2, -0.15) is 0 Å². The van der Waals surface area contributed by atoms with E-state index in [0.717, 1.165) is 12.8 Å². The maximum absolute atomic E-state index is 13.0. The fourth-order valence-electron chi connectivity index (χ4n) is 3.10. The Balaban J connectivity index is 1.79. The molecule has 0 spiro atoms. The minimum absolute atomic E-state index is 0.0125. The highest BCUT2D eigenvalue weighted by Crippen LogP contribution is 2.24. The Morgan fingerprint density at radius 1 is 1.27 bits per heavy atom. The van der Waals surface area contributed by atoms with Crippen LogP contribution in [0.1, 0.15) is 43.6 Å². The fourth-order valence-corrected chi connectivity index (χ4v) is 3.10. The number of likely N-dealkylation sites (tertiary alicyclic amines) is 1. The van der Waals surface area contributed by atoms with Crippen molar-refractivity contribution in [2.45, 2.75) is 45.2 Å². The van der Waals surface area contributed by atoms with Crippen molar-refractivity contribution < 1.29 is 18.5 Å². The Morgan fingerprint density at radius 2 is 2.00 bits per heavy atom. The van der Waals surface area contributed by atoms with Crippen molar-refractivity contribution in [3.8, 4) is 11.3 Å². The van der Waals surface area contributed by atoms with Gasteiger partial charge in [-0.1, -0.05) is 5.16 Å². The number of halogens is 1. The van der Waals surface area contributed by atoms with Crippen molar-refractivity contribution in [2.75, 3.05) is 6.54 Å². The zero-order chi connectivity index (χ0) is 18.7. The number of rotatable bonds is 4. The van der Waals surface area contributed by atoms with Gasteiger partial charge in [0.1, 0.15) is 11.9 Å². The van der Waals surface area contributed by atoms with Crippen molar-refractivity contribution in [3.63, 3.8) is 0 Å². The van der Waals surface area contributed by atoms with E-state index < -0.39 is 6.04 Å². The molecule has 0 radical (unpaired) electrons. The van der Waals surface area contributed by atoms with Crippen LogP contribution in [0.2, 0.25) is 0 Å². The first kappa shape index (κ1) is 18.1. The molecule has 2 aromatic rings. The van der Waals surface area contributed by atoms with Gasteiger partial charge in [0.25, 0.3) is 5.91 Å². The standard InChI is InChI=1S/C19H22FN3O3/c1-12(2)21-18(24)16-5-3-4-10-23(16)19(25)15-11-17(26-22-15)13-6-8-14(20)9-7-13/h6-9,11-12,16H,3-5,10H2,1-2H3,(H,21,24). The Hall–Kier alpha value is -2.70. The number of benzene rings is 1. The quantitative estimate of drug-likeness (QED) is 0.911. The molecular weight excluding hydrogens is 337 g/mol. The van der Waals surface area contributed by atoms with Gasteiger partial charge in [0.05, 0.1) is 0 Å². The Morgan fingerprint density at radius 3 is 2.69 bits per heavy atom. The van der Waals surface area contributed by atoms with Crippen molar-refractivity contribution in [1.29, 1.82) is 0 Å². The van der Waals surface area contributed by atoms with Crippen LogP contribution in [0.4, 0.5) is 4.39 Å². The summed E-state index contributed by atoms with van der Waals surface area (Å²) < 4.78 is 18.3. The van der Waals surface area contributed by atoms with Gasteiger partial charge >= 0.3 is 0 Å². The fraction of sp³-hybridized carbons (Fsp3) is 0.421. The Bertz CT molecular complexity index is 786. The summed E-state index contributed by atoms with van der Waals surface area (Å²) in [5.41, 5.74) is 0.777. The van der Waals surface area contributed by atoms with E-state index in [4.69, 9.17) is 4.52 Å². The smallest absolute Gasteiger partial charge is 0.276 e. The number of carbonyl (C=O) groups excluding carboxylic acids is 2. The van der Waals surface area contributed by atoms with E-state index in [2.05, 4.69) is 10.5 Å². The summed E-state index contributed by atoms with van der Waals surface area (Å²) in [5.74, 6) is -0.438. The highest BCUT2D eigenvalue weighted by molar-refractivity contribution is 5.96. The average Bonchev–Trinajstić information content (AvgIpc) is 3.11. The first-order valence-corrected chi connectivity index (χ1v) is 8.79. The highest BCUT2D eigenvalue weighted by atomic mass is 19.1. The number of amides is 2. The SMILES string of the molecule is CC(C)NC(=O)C1CCCCN1C(=O)c1cc(-c2ccc(F)cc2)on1. The highest BCUT2D eigenvalue weighted by Gasteiger charge is 2.34. The number of carbonyl (C=O) groups is 2. The summed E-state index contributed by atoms with van der Waals surface area (Å²) >= 11 is 0. The van der Waals surface area contributed by atoms with Gasteiger partial charge < -0.3 is 14.7 Å². The Labute approximate surface area is 151 Å². The third kappa shape index (κ3) is 3.92. The van der Waals surface area contributed by atoms with Crippen molar-refractivity contribution in [1.82, 2.24) is 15.4 Å². The summed E-state index contributed by atoms with van der Waals surface area (Å²) in [4.78, 5) is 26.9. The van der Waals surface area contributed by atoms with Gasteiger partial charge in [-0.25, -0.2) is 4.39 Å². The van der Waals surface area contributed by atoms with E-state index in [9.17, 15) is 14.0 Å². The van der Waals surface area contributed by atoms with Crippen LogP contribution in [0.15, 0.2) is 34.9 Å². The zero-order valence-corrected chi connectivity index (χ0v) is 14.9. The molecule has 3 rings (SSSR count). The molecule has 1 unspecified atom stereocenters. The molecular formula is C19H22FN3O3. The number of hydrogen-bond donors (Lipinski definition) is 1. The van der Waals surface area contributed by atoms with Gasteiger partial charge in [-0.3, -0.25) is 9.59 Å². The second-order valence-corrected chi connectivity index (χ2v) is 6.76. The largest absolute Gasteiger partial charge is 0.355 e. The molecule has 1 aromatic carbocycles. The maximum Gasteiger partial charge on any atom is 0.276 e. The summed E-state index contributed by atoms with van der Waals surface area (Å²) in [6.45, 7) is 4.28. The lowest BCUT2D eigenvalue weighted by Crippen LogP contribution is -2.53. The number of aromatic nitrogens is 1. The molecule has 0 saturated carbocycles. The third-order valence-corrected chi connectivity index (χ3v) is 4.36. The molecule has 1 fully saturated rings. The molecule has 7 heteroatoms. The minimum atomic E-state index is -0.496. The number of nitrogens with one attached hydrogen (secondary N) is 1. The third-order valence-electron chi connectivity index (χ3n) is 4.36. The molecule has 0 bridgehead atoms. The first-order valence-electron chi connectivity index (χ1n) is 8.79. The van der Waals surface area contributed by atoms with Crippen molar-refractivity contribution in [2.24, 2.45) is 0 Å². The molecule has 6 nitrogen and oxygen atoms in total. The van der Waals surface area contributed by atoms with Crippen LogP contribution in [0.3, 0.4) is 0 Å². The molecule has 138 valence electrons. The maximum atomic E-state index is 13.0. The second kappa shape index (κ2) is 7.68. The van der Waals surface area contributed by atoms with E-state index in [1.165, 1.54) is 18.2 Å². The average molecular weight is 359 g/mol. The molecule has 1 N–H and O–H groups in total. The van der Waals surface area contributed by atoms with Gasteiger partial charge in [-0.15, -0.1) is 0 Å².